The molecule has 0 fully saturated rings. The average Bonchev–Trinajstić information content (AvgIpc) is 3.88. The van der Waals surface area contributed by atoms with E-state index in [0.717, 1.165) is 39.2 Å². The highest BCUT2D eigenvalue weighted by atomic mass is 32.1. The number of hydrogen-bond acceptors (Lipinski definition) is 3. The Morgan fingerprint density at radius 1 is 0.306 bits per heavy atom. The number of nitrogens with zero attached hydrogens (tertiary/aromatic N) is 2. The van der Waals surface area contributed by atoms with E-state index in [1.54, 1.807) is 0 Å². The third-order valence-electron chi connectivity index (χ3n) is 12.6. The molecular formula is C59H38N2S. The normalized spacial score (nSPS) is 12.6. The van der Waals surface area contributed by atoms with Gasteiger partial charge in [0.15, 0.2) is 5.82 Å². The van der Waals surface area contributed by atoms with Crippen molar-refractivity contribution >= 4 is 31.5 Å². The molecule has 2 nitrogen and oxygen atoms in total. The van der Waals surface area contributed by atoms with Crippen LogP contribution in [0.1, 0.15) is 22.3 Å². The molecule has 0 radical (unpaired) electrons. The van der Waals surface area contributed by atoms with Crippen LogP contribution < -0.4 is 0 Å². The van der Waals surface area contributed by atoms with Crippen LogP contribution in [0.5, 0.6) is 0 Å². The number of aromatic nitrogens is 2. The lowest BCUT2D eigenvalue weighted by Gasteiger charge is -2.34. The Labute approximate surface area is 365 Å². The van der Waals surface area contributed by atoms with Gasteiger partial charge >= 0.3 is 0 Å². The van der Waals surface area contributed by atoms with Gasteiger partial charge in [-0.15, -0.1) is 11.3 Å². The van der Waals surface area contributed by atoms with E-state index >= 15 is 0 Å². The van der Waals surface area contributed by atoms with Crippen molar-refractivity contribution in [1.29, 1.82) is 0 Å². The van der Waals surface area contributed by atoms with Gasteiger partial charge < -0.3 is 0 Å². The molecule has 0 aliphatic heterocycles. The second kappa shape index (κ2) is 14.8. The Balaban J connectivity index is 0.905. The van der Waals surface area contributed by atoms with Crippen LogP contribution >= 0.6 is 11.3 Å². The zero-order valence-corrected chi connectivity index (χ0v) is 34.6. The molecule has 0 bridgehead atoms. The van der Waals surface area contributed by atoms with Gasteiger partial charge in [0, 0.05) is 36.9 Å². The molecule has 0 amide bonds. The van der Waals surface area contributed by atoms with Gasteiger partial charge in [0.2, 0.25) is 0 Å². The summed E-state index contributed by atoms with van der Waals surface area (Å²) in [5.74, 6) is 0.705. The Bertz CT molecular complexity index is 3400. The second-order valence-electron chi connectivity index (χ2n) is 16.1. The first-order chi connectivity index (χ1) is 30.7. The number of thiophene rings is 1. The van der Waals surface area contributed by atoms with Crippen LogP contribution in [0, 0.1) is 0 Å². The first-order valence-corrected chi connectivity index (χ1v) is 22.0. The minimum atomic E-state index is -0.413. The van der Waals surface area contributed by atoms with Gasteiger partial charge in [-0.2, -0.15) is 0 Å². The molecule has 9 aromatic carbocycles. The topological polar surface area (TPSA) is 25.8 Å². The standard InChI is InChI=1S/C59H38N2S/c1-3-14-42(15-4-1)58-60-54(38-55(61-58)45-17-13-16-43(36-45)44-32-35-57-51(37-44)50-22-9-12-25-56(50)62-57)41-28-26-39(27-29-41)40-30-33-47(34-31-40)59(46-18-5-2-6-19-46)52-23-10-7-20-48(52)49-21-8-11-24-53(49)59/h1-38H. The van der Waals surface area contributed by atoms with E-state index < -0.39 is 5.41 Å². The molecule has 0 atom stereocenters. The maximum absolute atomic E-state index is 5.17. The minimum absolute atomic E-state index is 0.413. The summed E-state index contributed by atoms with van der Waals surface area (Å²) >= 11 is 1.85. The molecule has 62 heavy (non-hydrogen) atoms. The largest absolute Gasteiger partial charge is 0.228 e. The molecule has 3 heteroatoms. The summed E-state index contributed by atoms with van der Waals surface area (Å²) in [5.41, 5.74) is 16.9. The van der Waals surface area contributed by atoms with E-state index in [9.17, 15) is 0 Å². The van der Waals surface area contributed by atoms with Crippen LogP contribution in [-0.2, 0) is 5.41 Å². The summed E-state index contributed by atoms with van der Waals surface area (Å²) in [4.78, 5) is 10.3. The smallest absolute Gasteiger partial charge is 0.160 e. The Morgan fingerprint density at radius 2 is 0.806 bits per heavy atom. The van der Waals surface area contributed by atoms with E-state index in [1.807, 2.05) is 29.5 Å². The summed E-state index contributed by atoms with van der Waals surface area (Å²) in [5, 5.41) is 2.60. The summed E-state index contributed by atoms with van der Waals surface area (Å²) in [6.07, 6.45) is 0. The lowest BCUT2D eigenvalue weighted by atomic mass is 9.67. The van der Waals surface area contributed by atoms with Crippen molar-refractivity contribution in [3.05, 3.63) is 253 Å². The van der Waals surface area contributed by atoms with E-state index in [0.29, 0.717) is 5.82 Å². The predicted molar refractivity (Wildman–Crippen MR) is 259 cm³/mol. The number of hydrogen-bond donors (Lipinski definition) is 0. The SMILES string of the molecule is c1ccc(-c2nc(-c3ccc(-c4ccc(C5(c6ccccc6)c6ccccc6-c6ccccc65)cc4)cc3)cc(-c3cccc(-c4ccc5sc6ccccc6c5c4)c3)n2)cc1. The maximum Gasteiger partial charge on any atom is 0.160 e. The Kier molecular flexibility index (Phi) is 8.62. The fourth-order valence-electron chi connectivity index (χ4n) is 9.68. The van der Waals surface area contributed by atoms with E-state index in [1.165, 1.54) is 64.7 Å². The molecule has 0 saturated carbocycles. The third-order valence-corrected chi connectivity index (χ3v) is 13.8. The Morgan fingerprint density at radius 3 is 1.53 bits per heavy atom. The van der Waals surface area contributed by atoms with Crippen molar-refractivity contribution in [2.75, 3.05) is 0 Å². The first kappa shape index (κ1) is 36.2. The van der Waals surface area contributed by atoms with Crippen molar-refractivity contribution in [3.63, 3.8) is 0 Å². The highest BCUT2D eigenvalue weighted by Crippen LogP contribution is 2.56. The molecule has 11 aromatic rings. The second-order valence-corrected chi connectivity index (χ2v) is 17.2. The maximum atomic E-state index is 5.17. The monoisotopic (exact) mass is 806 g/mol. The van der Waals surface area contributed by atoms with Crippen LogP contribution in [0.25, 0.3) is 87.5 Å². The highest BCUT2D eigenvalue weighted by Gasteiger charge is 2.45. The third kappa shape index (κ3) is 5.93. The molecule has 12 rings (SSSR count). The molecule has 2 heterocycles. The van der Waals surface area contributed by atoms with Gasteiger partial charge in [-0.05, 0) is 86.0 Å². The molecule has 1 aliphatic carbocycles. The lowest BCUT2D eigenvalue weighted by Crippen LogP contribution is -2.28. The van der Waals surface area contributed by atoms with Gasteiger partial charge in [-0.3, -0.25) is 0 Å². The number of fused-ring (bicyclic) bond motifs is 6. The number of rotatable bonds is 7. The summed E-state index contributed by atoms with van der Waals surface area (Å²) in [6.45, 7) is 0. The van der Waals surface area contributed by atoms with E-state index in [4.69, 9.17) is 9.97 Å². The summed E-state index contributed by atoms with van der Waals surface area (Å²) in [7, 11) is 0. The molecule has 290 valence electrons. The van der Waals surface area contributed by atoms with Gasteiger partial charge in [0.1, 0.15) is 0 Å². The van der Waals surface area contributed by atoms with E-state index in [-0.39, 0.29) is 0 Å². The van der Waals surface area contributed by atoms with Crippen LogP contribution in [0.2, 0.25) is 0 Å². The van der Waals surface area contributed by atoms with Gasteiger partial charge in [-0.1, -0.05) is 200 Å². The van der Waals surface area contributed by atoms with Gasteiger partial charge in [-0.25, -0.2) is 9.97 Å². The quantitative estimate of drug-likeness (QED) is 0.160. The van der Waals surface area contributed by atoms with Crippen molar-refractivity contribution in [3.8, 4) is 67.3 Å². The van der Waals surface area contributed by atoms with Gasteiger partial charge in [0.05, 0.1) is 16.8 Å². The summed E-state index contributed by atoms with van der Waals surface area (Å²) in [6, 6.07) is 83.4. The van der Waals surface area contributed by atoms with Crippen molar-refractivity contribution in [2.24, 2.45) is 0 Å². The van der Waals surface area contributed by atoms with Gasteiger partial charge in [0.25, 0.3) is 0 Å². The van der Waals surface area contributed by atoms with Crippen molar-refractivity contribution in [1.82, 2.24) is 9.97 Å². The minimum Gasteiger partial charge on any atom is -0.228 e. The zero-order chi connectivity index (χ0) is 41.0. The fourth-order valence-corrected chi connectivity index (χ4v) is 10.8. The average molecular weight is 807 g/mol. The van der Waals surface area contributed by atoms with Crippen molar-refractivity contribution < 1.29 is 0 Å². The highest BCUT2D eigenvalue weighted by molar-refractivity contribution is 7.25. The van der Waals surface area contributed by atoms with Crippen LogP contribution in [0.4, 0.5) is 0 Å². The van der Waals surface area contributed by atoms with E-state index in [2.05, 4.69) is 212 Å². The molecule has 0 N–H and O–H groups in total. The molecule has 1 aliphatic rings. The van der Waals surface area contributed by atoms with Crippen LogP contribution in [-0.4, -0.2) is 9.97 Å². The summed E-state index contributed by atoms with van der Waals surface area (Å²) < 4.78 is 2.62. The van der Waals surface area contributed by atoms with Crippen LogP contribution in [0.3, 0.4) is 0 Å². The first-order valence-electron chi connectivity index (χ1n) is 21.1. The fraction of sp³-hybridized carbons (Fsp3) is 0.0169. The molecule has 2 aromatic heterocycles. The molecule has 0 saturated heterocycles. The molecular weight excluding hydrogens is 769 g/mol. The molecule has 0 unspecified atom stereocenters. The lowest BCUT2D eigenvalue weighted by molar-refractivity contribution is 0.768. The number of benzene rings is 9. The van der Waals surface area contributed by atoms with Crippen LogP contribution in [0.15, 0.2) is 231 Å². The zero-order valence-electron chi connectivity index (χ0n) is 33.7. The predicted octanol–water partition coefficient (Wildman–Crippen LogP) is 15.5. The Hall–Kier alpha value is -7.72. The van der Waals surface area contributed by atoms with Crippen molar-refractivity contribution in [2.45, 2.75) is 5.41 Å². The molecule has 0 spiro atoms.